The van der Waals surface area contributed by atoms with E-state index in [2.05, 4.69) is 9.98 Å². The lowest BCUT2D eigenvalue weighted by Crippen LogP contribution is -2.58. The standard InChI is InChI=1S/C15H19ClN6O2/c1-9-7-10(16)8-11(22(23)24)12(9)21-14(18)19-13(17)20-15(21)5-3-2-4-6-15/h7-8H,2-6H2,1H3,(H4,17,18,19,20). The zero-order valence-electron chi connectivity index (χ0n) is 13.3. The number of halogens is 1. The van der Waals surface area contributed by atoms with Gasteiger partial charge in [-0.3, -0.25) is 15.0 Å². The van der Waals surface area contributed by atoms with Gasteiger partial charge in [-0.2, -0.15) is 4.99 Å². The van der Waals surface area contributed by atoms with E-state index in [1.54, 1.807) is 17.9 Å². The Kier molecular flexibility index (Phi) is 4.08. The highest BCUT2D eigenvalue weighted by Gasteiger charge is 2.45. The molecule has 0 aromatic heterocycles. The molecule has 0 atom stereocenters. The highest BCUT2D eigenvalue weighted by Crippen LogP contribution is 2.44. The van der Waals surface area contributed by atoms with Crippen molar-refractivity contribution < 1.29 is 4.92 Å². The van der Waals surface area contributed by atoms with Gasteiger partial charge in [0.2, 0.25) is 11.9 Å². The van der Waals surface area contributed by atoms with Gasteiger partial charge in [-0.05, 0) is 44.2 Å². The summed E-state index contributed by atoms with van der Waals surface area (Å²) in [7, 11) is 0. The third-order valence-electron chi connectivity index (χ3n) is 4.52. The van der Waals surface area contributed by atoms with Gasteiger partial charge < -0.3 is 11.5 Å². The van der Waals surface area contributed by atoms with Crippen LogP contribution in [0.15, 0.2) is 22.1 Å². The predicted molar refractivity (Wildman–Crippen MR) is 94.4 cm³/mol. The maximum absolute atomic E-state index is 11.6. The van der Waals surface area contributed by atoms with Gasteiger partial charge in [0, 0.05) is 11.1 Å². The number of nitrogens with zero attached hydrogens (tertiary/aromatic N) is 4. The lowest BCUT2D eigenvalue weighted by atomic mass is 9.87. The summed E-state index contributed by atoms with van der Waals surface area (Å²) < 4.78 is 0. The molecule has 1 fully saturated rings. The third-order valence-corrected chi connectivity index (χ3v) is 4.74. The molecule has 1 aliphatic heterocycles. The largest absolute Gasteiger partial charge is 0.369 e. The number of rotatable bonds is 2. The van der Waals surface area contributed by atoms with Crippen molar-refractivity contribution in [3.8, 4) is 0 Å². The van der Waals surface area contributed by atoms with E-state index in [0.29, 0.717) is 29.1 Å². The van der Waals surface area contributed by atoms with Crippen LogP contribution in [0, 0.1) is 17.0 Å². The fourth-order valence-corrected chi connectivity index (χ4v) is 3.86. The molecule has 2 aliphatic rings. The highest BCUT2D eigenvalue weighted by molar-refractivity contribution is 6.31. The van der Waals surface area contributed by atoms with Crippen molar-refractivity contribution in [1.82, 2.24) is 0 Å². The first-order valence-electron chi connectivity index (χ1n) is 7.78. The normalized spacial score (nSPS) is 19.8. The summed E-state index contributed by atoms with van der Waals surface area (Å²) in [4.78, 5) is 21.4. The Morgan fingerprint density at radius 2 is 1.96 bits per heavy atom. The van der Waals surface area contributed by atoms with Crippen molar-refractivity contribution in [2.75, 3.05) is 4.90 Å². The smallest absolute Gasteiger partial charge is 0.294 e. The van der Waals surface area contributed by atoms with Crippen LogP contribution < -0.4 is 16.4 Å². The van der Waals surface area contributed by atoms with Gasteiger partial charge >= 0.3 is 0 Å². The van der Waals surface area contributed by atoms with Crippen molar-refractivity contribution >= 4 is 34.9 Å². The summed E-state index contributed by atoms with van der Waals surface area (Å²) >= 11 is 6.01. The Bertz CT molecular complexity index is 755. The second kappa shape index (κ2) is 5.94. The molecule has 4 N–H and O–H groups in total. The van der Waals surface area contributed by atoms with Crippen LogP contribution in [0.1, 0.15) is 37.7 Å². The average molecular weight is 351 g/mol. The molecular weight excluding hydrogens is 332 g/mol. The molecular formula is C15H19ClN6O2. The van der Waals surface area contributed by atoms with Gasteiger partial charge in [-0.15, -0.1) is 0 Å². The van der Waals surface area contributed by atoms with Crippen molar-refractivity contribution in [1.29, 1.82) is 0 Å². The molecule has 0 radical (unpaired) electrons. The van der Waals surface area contributed by atoms with Gasteiger partial charge in [-0.1, -0.05) is 18.0 Å². The minimum atomic E-state index is -0.725. The van der Waals surface area contributed by atoms with Gasteiger partial charge in [0.1, 0.15) is 11.4 Å². The molecule has 1 saturated carbocycles. The molecule has 0 bridgehead atoms. The number of nitro benzene ring substituents is 1. The molecule has 8 nitrogen and oxygen atoms in total. The molecule has 1 aliphatic carbocycles. The molecule has 128 valence electrons. The van der Waals surface area contributed by atoms with Crippen LogP contribution in [0.25, 0.3) is 0 Å². The molecule has 0 saturated heterocycles. The van der Waals surface area contributed by atoms with E-state index in [0.717, 1.165) is 19.3 Å². The Labute approximate surface area is 144 Å². The maximum Gasteiger partial charge on any atom is 0.294 e. The zero-order valence-corrected chi connectivity index (χ0v) is 14.1. The average Bonchev–Trinajstić information content (AvgIpc) is 2.48. The Hall–Kier alpha value is -2.35. The molecule has 1 aromatic rings. The molecule has 24 heavy (non-hydrogen) atoms. The fraction of sp³-hybridized carbons (Fsp3) is 0.467. The monoisotopic (exact) mass is 350 g/mol. The highest BCUT2D eigenvalue weighted by atomic mass is 35.5. The summed E-state index contributed by atoms with van der Waals surface area (Å²) in [6, 6.07) is 3.00. The van der Waals surface area contributed by atoms with Crippen molar-refractivity contribution in [3.63, 3.8) is 0 Å². The number of hydrogen-bond acceptors (Lipinski definition) is 7. The zero-order chi connectivity index (χ0) is 17.5. The molecule has 1 aromatic carbocycles. The quantitative estimate of drug-likeness (QED) is 0.626. The number of aryl methyl sites for hydroxylation is 1. The molecule has 1 heterocycles. The van der Waals surface area contributed by atoms with Crippen molar-refractivity contribution in [2.24, 2.45) is 21.5 Å². The summed E-state index contributed by atoms with van der Waals surface area (Å²) in [5.41, 5.74) is 12.2. The van der Waals surface area contributed by atoms with Crippen LogP contribution in [0.2, 0.25) is 5.02 Å². The first-order chi connectivity index (χ1) is 11.3. The number of aliphatic imine (C=N–C) groups is 2. The lowest BCUT2D eigenvalue weighted by molar-refractivity contribution is -0.384. The van der Waals surface area contributed by atoms with E-state index >= 15 is 0 Å². The van der Waals surface area contributed by atoms with Gasteiger partial charge in [-0.25, -0.2) is 4.99 Å². The Morgan fingerprint density at radius 1 is 1.29 bits per heavy atom. The lowest BCUT2D eigenvalue weighted by Gasteiger charge is -2.45. The molecule has 0 unspecified atom stereocenters. The van der Waals surface area contributed by atoms with Gasteiger partial charge in [0.05, 0.1) is 4.92 Å². The number of nitro groups is 1. The SMILES string of the molecule is Cc1cc(Cl)cc([N+](=O)[O-])c1N1C(N)=NC(N)=NC12CCCCC2. The van der Waals surface area contributed by atoms with E-state index in [9.17, 15) is 10.1 Å². The molecule has 1 spiro atoms. The van der Waals surface area contributed by atoms with Gasteiger partial charge in [0.25, 0.3) is 5.69 Å². The van der Waals surface area contributed by atoms with E-state index in [1.165, 1.54) is 6.07 Å². The molecule has 3 rings (SSSR count). The van der Waals surface area contributed by atoms with Crippen LogP contribution in [0.3, 0.4) is 0 Å². The van der Waals surface area contributed by atoms with E-state index in [-0.39, 0.29) is 17.6 Å². The Balaban J connectivity index is 2.23. The topological polar surface area (TPSA) is 123 Å². The number of benzene rings is 1. The third kappa shape index (κ3) is 2.66. The number of guanidine groups is 2. The van der Waals surface area contributed by atoms with E-state index < -0.39 is 10.6 Å². The van der Waals surface area contributed by atoms with Crippen LogP contribution >= 0.6 is 11.6 Å². The fourth-order valence-electron chi connectivity index (χ4n) is 3.59. The van der Waals surface area contributed by atoms with Gasteiger partial charge in [0.15, 0.2) is 0 Å². The van der Waals surface area contributed by atoms with Crippen LogP contribution in [-0.2, 0) is 0 Å². The molecule has 9 heteroatoms. The maximum atomic E-state index is 11.6. The van der Waals surface area contributed by atoms with Crippen LogP contribution in [-0.4, -0.2) is 22.5 Å². The second-order valence-electron chi connectivity index (χ2n) is 6.17. The number of hydrogen-bond donors (Lipinski definition) is 2. The van der Waals surface area contributed by atoms with Crippen molar-refractivity contribution in [2.45, 2.75) is 44.7 Å². The summed E-state index contributed by atoms with van der Waals surface area (Å²) in [6.45, 7) is 1.76. The van der Waals surface area contributed by atoms with Crippen LogP contribution in [0.5, 0.6) is 0 Å². The summed E-state index contributed by atoms with van der Waals surface area (Å²) in [5, 5.41) is 11.9. The van der Waals surface area contributed by atoms with Crippen molar-refractivity contribution in [3.05, 3.63) is 32.8 Å². The second-order valence-corrected chi connectivity index (χ2v) is 6.60. The first kappa shape index (κ1) is 16.5. The van der Waals surface area contributed by atoms with Crippen LogP contribution in [0.4, 0.5) is 11.4 Å². The van der Waals surface area contributed by atoms with E-state index in [4.69, 9.17) is 23.1 Å². The number of nitrogens with two attached hydrogens (primary N) is 2. The number of anilines is 1. The predicted octanol–water partition coefficient (Wildman–Crippen LogP) is 2.67. The summed E-state index contributed by atoms with van der Waals surface area (Å²) in [5.74, 6) is 0.234. The first-order valence-corrected chi connectivity index (χ1v) is 8.16. The molecule has 0 amide bonds. The summed E-state index contributed by atoms with van der Waals surface area (Å²) in [6.07, 6.45) is 4.40. The Morgan fingerprint density at radius 3 is 2.58 bits per heavy atom. The van der Waals surface area contributed by atoms with E-state index in [1.807, 2.05) is 0 Å². The minimum absolute atomic E-state index is 0.111. The minimum Gasteiger partial charge on any atom is -0.369 e.